The van der Waals surface area contributed by atoms with E-state index in [-0.39, 0.29) is 12.1 Å². The minimum absolute atomic E-state index is 0.245. The van der Waals surface area contributed by atoms with Crippen LogP contribution in [-0.4, -0.2) is 85.2 Å². The zero-order chi connectivity index (χ0) is 30.9. The molecule has 1 aliphatic carbocycles. The molecule has 4 rings (SSSR count). The van der Waals surface area contributed by atoms with Crippen LogP contribution >= 0.6 is 0 Å². The highest BCUT2D eigenvalue weighted by molar-refractivity contribution is 5.88. The van der Waals surface area contributed by atoms with E-state index in [0.717, 1.165) is 19.3 Å². The fourth-order valence-corrected chi connectivity index (χ4v) is 6.01. The number of aliphatic hydroxyl groups is 2. The van der Waals surface area contributed by atoms with Crippen molar-refractivity contribution in [3.8, 4) is 0 Å². The molecule has 0 aliphatic heterocycles. The second-order valence-electron chi connectivity index (χ2n) is 11.4. The zero-order valence-electron chi connectivity index (χ0n) is 24.3. The van der Waals surface area contributed by atoms with E-state index >= 15 is 0 Å². The van der Waals surface area contributed by atoms with Crippen molar-refractivity contribution in [1.82, 2.24) is 9.88 Å². The lowest BCUT2D eigenvalue weighted by molar-refractivity contribution is -0.170. The molecule has 2 aromatic carbocycles. The van der Waals surface area contributed by atoms with Crippen LogP contribution in [0.25, 0.3) is 10.9 Å². The molecule has 10 heteroatoms. The molecule has 10 nitrogen and oxygen atoms in total. The van der Waals surface area contributed by atoms with Crippen LogP contribution in [0.5, 0.6) is 0 Å². The maximum atomic E-state index is 10.3. The molecule has 0 spiro atoms. The number of nitrogens with zero attached hydrogens (tertiary/aromatic N) is 1. The summed E-state index contributed by atoms with van der Waals surface area (Å²) in [4.78, 5) is 36.7. The van der Waals surface area contributed by atoms with Crippen molar-refractivity contribution in [2.24, 2.45) is 0 Å². The Hall–Kier alpha value is -3.73. The van der Waals surface area contributed by atoms with Gasteiger partial charge in [-0.05, 0) is 82.2 Å². The van der Waals surface area contributed by atoms with E-state index in [9.17, 15) is 19.5 Å². The lowest BCUT2D eigenvalue weighted by Crippen LogP contribution is -2.48. The van der Waals surface area contributed by atoms with Gasteiger partial charge in [0.1, 0.15) is 0 Å². The van der Waals surface area contributed by atoms with Crippen molar-refractivity contribution in [2.75, 3.05) is 20.7 Å². The Morgan fingerprint density at radius 3 is 2.02 bits per heavy atom. The van der Waals surface area contributed by atoms with Crippen molar-refractivity contribution in [3.05, 3.63) is 71.4 Å². The Balaban J connectivity index is 0.000000316. The summed E-state index contributed by atoms with van der Waals surface area (Å²) in [6.45, 7) is 0.254. The van der Waals surface area contributed by atoms with Gasteiger partial charge in [-0.1, -0.05) is 48.5 Å². The number of aromatic nitrogens is 1. The van der Waals surface area contributed by atoms with Crippen molar-refractivity contribution in [2.45, 2.75) is 74.8 Å². The molecule has 228 valence electrons. The number of nitrogens with one attached hydrogen (secondary N) is 1. The number of aromatic amines is 1. The van der Waals surface area contributed by atoms with Crippen LogP contribution in [0, 0.1) is 0 Å². The van der Waals surface area contributed by atoms with E-state index in [1.165, 1.54) is 53.4 Å². The summed E-state index contributed by atoms with van der Waals surface area (Å²) in [6.07, 6.45) is 5.48. The third kappa shape index (κ3) is 8.18. The third-order valence-electron chi connectivity index (χ3n) is 8.37. The SMILES string of the molecule is CN(C)C1(Cc2ccccc2)CCC(c2[nH]c3ccccc3c2CCCO)CC1.O=C(O)CC(O)(CC(=O)O)C(=O)O. The lowest BCUT2D eigenvalue weighted by Gasteiger charge is -2.45. The summed E-state index contributed by atoms with van der Waals surface area (Å²) in [5, 5.41) is 44.5. The average molecular weight is 583 g/mol. The smallest absolute Gasteiger partial charge is 0.336 e. The molecule has 0 saturated heterocycles. The molecule has 6 N–H and O–H groups in total. The first-order chi connectivity index (χ1) is 19.9. The average Bonchev–Trinajstić information content (AvgIpc) is 3.30. The monoisotopic (exact) mass is 582 g/mol. The summed E-state index contributed by atoms with van der Waals surface area (Å²) in [5.41, 5.74) is 3.04. The normalized spacial score (nSPS) is 18.8. The Kier molecular flexibility index (Phi) is 11.3. The Labute approximate surface area is 245 Å². The number of carboxylic acids is 3. The molecule has 0 bridgehead atoms. The Morgan fingerprint density at radius 2 is 1.50 bits per heavy atom. The van der Waals surface area contributed by atoms with Crippen LogP contribution in [0.1, 0.15) is 67.7 Å². The van der Waals surface area contributed by atoms with Gasteiger partial charge in [0.05, 0.1) is 12.8 Å². The first-order valence-corrected chi connectivity index (χ1v) is 14.2. The van der Waals surface area contributed by atoms with Gasteiger partial charge < -0.3 is 35.4 Å². The van der Waals surface area contributed by atoms with Crippen LogP contribution in [0.15, 0.2) is 54.6 Å². The molecule has 1 saturated carbocycles. The topological polar surface area (TPSA) is 171 Å². The first-order valence-electron chi connectivity index (χ1n) is 14.2. The fourth-order valence-electron chi connectivity index (χ4n) is 6.01. The quantitative estimate of drug-likeness (QED) is 0.184. The zero-order valence-corrected chi connectivity index (χ0v) is 24.3. The van der Waals surface area contributed by atoms with E-state index in [1.54, 1.807) is 0 Å². The van der Waals surface area contributed by atoms with Crippen molar-refractivity contribution in [3.63, 3.8) is 0 Å². The lowest BCUT2D eigenvalue weighted by atomic mass is 9.71. The van der Waals surface area contributed by atoms with Crippen LogP contribution < -0.4 is 0 Å². The number of aryl methyl sites for hydroxylation is 1. The van der Waals surface area contributed by atoms with Crippen molar-refractivity contribution < 1.29 is 39.9 Å². The van der Waals surface area contributed by atoms with Crippen LogP contribution in [0.2, 0.25) is 0 Å². The number of carboxylic acid groups (broad SMARTS) is 3. The fraction of sp³-hybridized carbons (Fsp3) is 0.469. The van der Waals surface area contributed by atoms with E-state index in [4.69, 9.17) is 20.4 Å². The van der Waals surface area contributed by atoms with Gasteiger partial charge in [-0.3, -0.25) is 9.59 Å². The molecule has 42 heavy (non-hydrogen) atoms. The highest BCUT2D eigenvalue weighted by atomic mass is 16.4. The van der Waals surface area contributed by atoms with Gasteiger partial charge in [-0.15, -0.1) is 0 Å². The standard InChI is InChI=1S/C26H34N2O.C6H8O7/c1-28(2)26(19-20-9-4-3-5-10-20)16-14-21(15-17-26)25-23(12-8-18-29)22-11-6-7-13-24(22)27-25;7-3(8)1-6(13,5(11)12)2-4(9)10/h3-7,9-11,13,21,27,29H,8,12,14-19H2,1-2H3;13H,1-2H2,(H,7,8)(H,9,10)(H,11,12). The number of carbonyl (C=O) groups is 3. The van der Waals surface area contributed by atoms with Crippen LogP contribution in [0.3, 0.4) is 0 Å². The van der Waals surface area contributed by atoms with Gasteiger partial charge in [-0.25, -0.2) is 4.79 Å². The second kappa shape index (κ2) is 14.4. The molecule has 0 radical (unpaired) electrons. The molecule has 0 atom stereocenters. The predicted molar refractivity (Wildman–Crippen MR) is 159 cm³/mol. The molecule has 3 aromatic rings. The minimum Gasteiger partial charge on any atom is -0.481 e. The summed E-state index contributed by atoms with van der Waals surface area (Å²) >= 11 is 0. The molecular formula is C32H42N2O8. The highest BCUT2D eigenvalue weighted by Crippen LogP contribution is 2.44. The second-order valence-corrected chi connectivity index (χ2v) is 11.4. The summed E-state index contributed by atoms with van der Waals surface area (Å²) in [6, 6.07) is 19.6. The van der Waals surface area contributed by atoms with E-state index < -0.39 is 36.4 Å². The van der Waals surface area contributed by atoms with Crippen molar-refractivity contribution in [1.29, 1.82) is 0 Å². The maximum absolute atomic E-state index is 10.3. The number of fused-ring (bicyclic) bond motifs is 1. The van der Waals surface area contributed by atoms with Gasteiger partial charge in [-0.2, -0.15) is 0 Å². The number of rotatable bonds is 12. The summed E-state index contributed by atoms with van der Waals surface area (Å²) in [5.74, 6) is -4.44. The number of aliphatic hydroxyl groups excluding tert-OH is 1. The molecule has 1 fully saturated rings. The van der Waals surface area contributed by atoms with E-state index in [1.807, 2.05) is 0 Å². The highest BCUT2D eigenvalue weighted by Gasteiger charge is 2.41. The number of aliphatic carboxylic acids is 3. The van der Waals surface area contributed by atoms with Gasteiger partial charge >= 0.3 is 17.9 Å². The molecule has 0 unspecified atom stereocenters. The minimum atomic E-state index is -2.74. The van der Waals surface area contributed by atoms with Gasteiger partial charge in [0.2, 0.25) is 0 Å². The first kappa shape index (κ1) is 32.8. The van der Waals surface area contributed by atoms with Crippen molar-refractivity contribution >= 4 is 28.8 Å². The largest absolute Gasteiger partial charge is 0.481 e. The Bertz CT molecular complexity index is 1330. The van der Waals surface area contributed by atoms with E-state index in [0.29, 0.717) is 5.92 Å². The molecule has 1 heterocycles. The molecule has 1 aromatic heterocycles. The summed E-state index contributed by atoms with van der Waals surface area (Å²) in [7, 11) is 4.50. The van der Waals surface area contributed by atoms with Gasteiger partial charge in [0.25, 0.3) is 0 Å². The third-order valence-corrected chi connectivity index (χ3v) is 8.37. The number of hydrogen-bond acceptors (Lipinski definition) is 6. The predicted octanol–water partition coefficient (Wildman–Crippen LogP) is 4.05. The number of benzene rings is 2. The number of hydrogen-bond donors (Lipinski definition) is 6. The molecular weight excluding hydrogens is 540 g/mol. The van der Waals surface area contributed by atoms with Crippen LogP contribution in [0.4, 0.5) is 0 Å². The number of H-pyrrole nitrogens is 1. The van der Waals surface area contributed by atoms with Crippen LogP contribution in [-0.2, 0) is 27.2 Å². The Morgan fingerprint density at radius 1 is 0.929 bits per heavy atom. The van der Waals surface area contributed by atoms with E-state index in [2.05, 4.69) is 78.6 Å². The summed E-state index contributed by atoms with van der Waals surface area (Å²) < 4.78 is 0. The van der Waals surface area contributed by atoms with Gasteiger partial charge in [0.15, 0.2) is 5.60 Å². The maximum Gasteiger partial charge on any atom is 0.336 e. The number of likely N-dealkylation sites (N-methyl/N-ethyl adjacent to an activating group) is 1. The molecule has 1 aliphatic rings. The number of para-hydroxylation sites is 1. The molecule has 0 amide bonds. The van der Waals surface area contributed by atoms with Gasteiger partial charge in [0, 0.05) is 28.7 Å².